The number of ether oxygens (including phenoxy) is 1. The Morgan fingerprint density at radius 3 is 2.41 bits per heavy atom. The maximum Gasteiger partial charge on any atom is 0.287 e. The van der Waals surface area contributed by atoms with Gasteiger partial charge in [-0.2, -0.15) is 0 Å². The van der Waals surface area contributed by atoms with Crippen molar-refractivity contribution in [2.24, 2.45) is 11.3 Å². The first-order chi connectivity index (χ1) is 22.0. The molecule has 1 saturated heterocycles. The number of rotatable bonds is 10. The van der Waals surface area contributed by atoms with Crippen molar-refractivity contribution in [3.8, 4) is 5.75 Å². The molecule has 2 aliphatic rings. The van der Waals surface area contributed by atoms with Crippen molar-refractivity contribution in [1.29, 1.82) is 0 Å². The summed E-state index contributed by atoms with van der Waals surface area (Å²) in [5.74, 6) is 0.541. The Labute approximate surface area is 277 Å². The topological polar surface area (TPSA) is 101 Å². The largest absolute Gasteiger partial charge is 0.493 e. The van der Waals surface area contributed by atoms with Crippen molar-refractivity contribution < 1.29 is 18.7 Å². The molecule has 1 saturated carbocycles. The third-order valence-electron chi connectivity index (χ3n) is 9.76. The van der Waals surface area contributed by atoms with E-state index >= 15 is 0 Å². The van der Waals surface area contributed by atoms with Crippen molar-refractivity contribution in [3.63, 3.8) is 0 Å². The lowest BCUT2D eigenvalue weighted by Gasteiger charge is -2.47. The fraction of sp³-hybridized carbons (Fsp3) is 0.541. The third kappa shape index (κ3) is 8.13. The number of carbonyl (C=O) groups excluding carboxylic acids is 2. The maximum atomic E-state index is 13.8. The van der Waals surface area contributed by atoms with Crippen molar-refractivity contribution in [3.05, 3.63) is 75.1 Å². The Balaban J connectivity index is 1.30. The molecule has 248 valence electrons. The molecule has 46 heavy (non-hydrogen) atoms. The van der Waals surface area contributed by atoms with Crippen LogP contribution in [0.2, 0.25) is 5.02 Å². The lowest BCUT2D eigenvalue weighted by atomic mass is 9.63. The second-order valence-corrected chi connectivity index (χ2v) is 14.6. The molecule has 2 N–H and O–H groups in total. The standard InChI is InChI=1S/C37H48ClN3O5/c1-36(2,3)40-35(44)37(26-9-6-5-7-10-26)18-21-41(22-19-37)20-17-28(23-25-13-15-27(38)16-14-25)39-34(43)32-24-30(42)29-11-8-12-31(45-4)33(29)46-32/h8,11-16,24,26,28H,5-7,9-10,17-23H2,1-4H3,(H,39,43)(H,40,44)/t28-/m1/s1. The monoisotopic (exact) mass is 649 g/mol. The molecule has 0 spiro atoms. The number of piperidine rings is 1. The van der Waals surface area contributed by atoms with Crippen molar-refractivity contribution in [2.45, 2.75) is 90.1 Å². The van der Waals surface area contributed by atoms with Gasteiger partial charge in [0.2, 0.25) is 5.91 Å². The quantitative estimate of drug-likeness (QED) is 0.252. The van der Waals surface area contributed by atoms with Gasteiger partial charge in [-0.1, -0.05) is 49.1 Å². The van der Waals surface area contributed by atoms with Gasteiger partial charge >= 0.3 is 0 Å². The van der Waals surface area contributed by atoms with Crippen LogP contribution in [0.4, 0.5) is 0 Å². The number of likely N-dealkylation sites (tertiary alicyclic amines) is 1. The lowest BCUT2D eigenvalue weighted by Crippen LogP contribution is -2.56. The fourth-order valence-electron chi connectivity index (χ4n) is 7.27. The molecule has 0 radical (unpaired) electrons. The van der Waals surface area contributed by atoms with Gasteiger partial charge in [0, 0.05) is 29.2 Å². The van der Waals surface area contributed by atoms with E-state index in [4.69, 9.17) is 20.8 Å². The Morgan fingerprint density at radius 1 is 1.07 bits per heavy atom. The van der Waals surface area contributed by atoms with Crippen molar-refractivity contribution >= 4 is 34.4 Å². The minimum absolute atomic E-state index is 0.0526. The molecule has 9 heteroatoms. The zero-order valence-corrected chi connectivity index (χ0v) is 28.4. The number of para-hydroxylation sites is 1. The van der Waals surface area contributed by atoms with Crippen LogP contribution in [0.15, 0.2) is 57.7 Å². The van der Waals surface area contributed by atoms with Crippen LogP contribution < -0.4 is 20.8 Å². The van der Waals surface area contributed by atoms with Gasteiger partial charge < -0.3 is 24.7 Å². The van der Waals surface area contributed by atoms with E-state index in [0.29, 0.717) is 34.9 Å². The number of fused-ring (bicyclic) bond motifs is 1. The van der Waals surface area contributed by atoms with Crippen LogP contribution in [0, 0.1) is 11.3 Å². The molecule has 2 heterocycles. The molecule has 0 unspecified atom stereocenters. The smallest absolute Gasteiger partial charge is 0.287 e. The molecule has 1 aliphatic carbocycles. The first kappa shape index (κ1) is 34.0. The second-order valence-electron chi connectivity index (χ2n) is 14.1. The number of halogens is 1. The van der Waals surface area contributed by atoms with Crippen molar-refractivity contribution in [2.75, 3.05) is 26.7 Å². The van der Waals surface area contributed by atoms with Gasteiger partial charge in [0.1, 0.15) is 0 Å². The molecule has 5 rings (SSSR count). The van der Waals surface area contributed by atoms with Crippen LogP contribution in [0.1, 0.15) is 88.3 Å². The molecule has 2 amide bonds. The fourth-order valence-corrected chi connectivity index (χ4v) is 7.39. The van der Waals surface area contributed by atoms with Crippen LogP contribution in [0.5, 0.6) is 5.75 Å². The number of hydrogen-bond acceptors (Lipinski definition) is 6. The first-order valence-corrected chi connectivity index (χ1v) is 17.1. The maximum absolute atomic E-state index is 13.8. The molecule has 1 aromatic heterocycles. The molecule has 8 nitrogen and oxygen atoms in total. The molecule has 2 aromatic carbocycles. The Hall–Kier alpha value is -3.36. The zero-order valence-electron chi connectivity index (χ0n) is 27.6. The molecular formula is C37H48ClN3O5. The van der Waals surface area contributed by atoms with Crippen LogP contribution in [0.3, 0.4) is 0 Å². The summed E-state index contributed by atoms with van der Waals surface area (Å²) < 4.78 is 11.3. The molecule has 1 atom stereocenters. The summed E-state index contributed by atoms with van der Waals surface area (Å²) >= 11 is 6.14. The number of carbonyl (C=O) groups is 2. The molecule has 2 fully saturated rings. The van der Waals surface area contributed by atoms with E-state index in [9.17, 15) is 14.4 Å². The third-order valence-corrected chi connectivity index (χ3v) is 10.0. The second kappa shape index (κ2) is 14.6. The number of nitrogens with zero attached hydrogens (tertiary/aromatic N) is 1. The predicted molar refractivity (Wildman–Crippen MR) is 183 cm³/mol. The summed E-state index contributed by atoms with van der Waals surface area (Å²) in [6, 6.07) is 13.7. The highest BCUT2D eigenvalue weighted by molar-refractivity contribution is 6.30. The van der Waals surface area contributed by atoms with E-state index in [1.54, 1.807) is 18.2 Å². The number of amides is 2. The highest BCUT2D eigenvalue weighted by Crippen LogP contribution is 2.46. The zero-order chi connectivity index (χ0) is 32.9. The van der Waals surface area contributed by atoms with Crippen LogP contribution >= 0.6 is 11.6 Å². The minimum atomic E-state index is -0.447. The normalized spacial score (nSPS) is 18.2. The lowest BCUT2D eigenvalue weighted by molar-refractivity contribution is -0.141. The van der Waals surface area contributed by atoms with E-state index in [-0.39, 0.29) is 39.7 Å². The van der Waals surface area contributed by atoms with E-state index in [2.05, 4.69) is 36.3 Å². The van der Waals surface area contributed by atoms with Crippen LogP contribution in [-0.4, -0.2) is 55.0 Å². The minimum Gasteiger partial charge on any atom is -0.493 e. The first-order valence-electron chi connectivity index (χ1n) is 16.7. The van der Waals surface area contributed by atoms with Gasteiger partial charge in [-0.15, -0.1) is 0 Å². The summed E-state index contributed by atoms with van der Waals surface area (Å²) in [7, 11) is 1.50. The van der Waals surface area contributed by atoms with Crippen LogP contribution in [0.25, 0.3) is 11.0 Å². The average Bonchev–Trinajstić information content (AvgIpc) is 3.04. The van der Waals surface area contributed by atoms with Gasteiger partial charge in [-0.25, -0.2) is 0 Å². The molecular weight excluding hydrogens is 602 g/mol. The Morgan fingerprint density at radius 2 is 1.76 bits per heavy atom. The van der Waals surface area contributed by atoms with Gasteiger partial charge in [-0.05, 0) is 108 Å². The summed E-state index contributed by atoms with van der Waals surface area (Å²) in [6.07, 6.45) is 8.90. The summed E-state index contributed by atoms with van der Waals surface area (Å²) in [4.78, 5) is 42.6. The highest BCUT2D eigenvalue weighted by Gasteiger charge is 2.48. The van der Waals surface area contributed by atoms with Gasteiger partial charge in [0.25, 0.3) is 5.91 Å². The molecule has 0 bridgehead atoms. The van der Waals surface area contributed by atoms with Gasteiger partial charge in [-0.3, -0.25) is 14.4 Å². The van der Waals surface area contributed by atoms with Crippen LogP contribution in [-0.2, 0) is 11.2 Å². The van der Waals surface area contributed by atoms with Gasteiger partial charge in [0.15, 0.2) is 22.5 Å². The number of hydrogen-bond donors (Lipinski definition) is 2. The van der Waals surface area contributed by atoms with E-state index in [1.807, 2.05) is 24.3 Å². The van der Waals surface area contributed by atoms with E-state index < -0.39 is 5.91 Å². The van der Waals surface area contributed by atoms with Crippen molar-refractivity contribution in [1.82, 2.24) is 15.5 Å². The van der Waals surface area contributed by atoms with Gasteiger partial charge in [0.05, 0.1) is 17.9 Å². The summed E-state index contributed by atoms with van der Waals surface area (Å²) in [5, 5.41) is 7.48. The van der Waals surface area contributed by atoms with E-state index in [0.717, 1.165) is 50.9 Å². The highest BCUT2D eigenvalue weighted by atomic mass is 35.5. The summed E-state index contributed by atoms with van der Waals surface area (Å²) in [6.45, 7) is 8.63. The molecule has 3 aromatic rings. The number of methoxy groups -OCH3 is 1. The average molecular weight is 650 g/mol. The Kier molecular flexibility index (Phi) is 10.8. The van der Waals surface area contributed by atoms with E-state index in [1.165, 1.54) is 32.4 Å². The number of nitrogens with one attached hydrogen (secondary N) is 2. The number of benzene rings is 2. The predicted octanol–water partition coefficient (Wildman–Crippen LogP) is 6.76. The Bertz CT molecular complexity index is 1560. The summed E-state index contributed by atoms with van der Waals surface area (Å²) in [5.41, 5.74) is 0.408. The SMILES string of the molecule is COc1cccc2c(=O)cc(C(=O)N[C@H](CCN3CCC(C(=O)NC(C)(C)C)(C4CCCCC4)CC3)Cc3ccc(Cl)cc3)oc12. The molecule has 1 aliphatic heterocycles.